The summed E-state index contributed by atoms with van der Waals surface area (Å²) in [6, 6.07) is 8.59. The van der Waals surface area contributed by atoms with E-state index in [1.165, 1.54) is 18.5 Å². The van der Waals surface area contributed by atoms with Gasteiger partial charge in [0.25, 0.3) is 0 Å². The van der Waals surface area contributed by atoms with E-state index in [4.69, 9.17) is 10.5 Å². The fraction of sp³-hybridized carbons (Fsp3) is 0.625. The SMILES string of the molecule is CCCN1CCN(C(CN)c2cccc(OC)c2)CC1. The number of hydrogen-bond acceptors (Lipinski definition) is 4. The van der Waals surface area contributed by atoms with Crippen molar-refractivity contribution in [2.45, 2.75) is 19.4 Å². The maximum Gasteiger partial charge on any atom is 0.119 e. The van der Waals surface area contributed by atoms with Gasteiger partial charge in [-0.25, -0.2) is 0 Å². The van der Waals surface area contributed by atoms with E-state index in [0.29, 0.717) is 12.6 Å². The van der Waals surface area contributed by atoms with Crippen molar-refractivity contribution in [3.05, 3.63) is 29.8 Å². The van der Waals surface area contributed by atoms with Crippen LogP contribution in [0.3, 0.4) is 0 Å². The van der Waals surface area contributed by atoms with E-state index in [1.54, 1.807) is 7.11 Å². The lowest BCUT2D eigenvalue weighted by molar-refractivity contribution is 0.0985. The second-order valence-corrected chi connectivity index (χ2v) is 5.41. The molecule has 1 atom stereocenters. The lowest BCUT2D eigenvalue weighted by atomic mass is 10.0. The summed E-state index contributed by atoms with van der Waals surface area (Å²) < 4.78 is 5.32. The summed E-state index contributed by atoms with van der Waals surface area (Å²) in [6.45, 7) is 8.59. The summed E-state index contributed by atoms with van der Waals surface area (Å²) >= 11 is 0. The Morgan fingerprint density at radius 2 is 2.00 bits per heavy atom. The first-order valence-corrected chi connectivity index (χ1v) is 7.59. The Labute approximate surface area is 122 Å². The molecule has 4 heteroatoms. The topological polar surface area (TPSA) is 41.7 Å². The molecule has 1 fully saturated rings. The highest BCUT2D eigenvalue weighted by Crippen LogP contribution is 2.24. The third kappa shape index (κ3) is 3.72. The molecular formula is C16H27N3O. The number of ether oxygens (including phenoxy) is 1. The van der Waals surface area contributed by atoms with Crippen molar-refractivity contribution in [3.8, 4) is 5.75 Å². The van der Waals surface area contributed by atoms with Gasteiger partial charge in [0.2, 0.25) is 0 Å². The van der Waals surface area contributed by atoms with Gasteiger partial charge in [-0.05, 0) is 30.7 Å². The van der Waals surface area contributed by atoms with Gasteiger partial charge in [-0.3, -0.25) is 4.90 Å². The molecular weight excluding hydrogens is 250 g/mol. The van der Waals surface area contributed by atoms with Crippen LogP contribution in [0, 0.1) is 0 Å². The van der Waals surface area contributed by atoms with Gasteiger partial charge in [-0.15, -0.1) is 0 Å². The summed E-state index contributed by atoms with van der Waals surface area (Å²) in [5, 5.41) is 0. The first-order valence-electron chi connectivity index (χ1n) is 7.59. The average Bonchev–Trinajstić information content (AvgIpc) is 2.50. The first kappa shape index (κ1) is 15.3. The Morgan fingerprint density at radius 1 is 1.25 bits per heavy atom. The first-order chi connectivity index (χ1) is 9.78. The van der Waals surface area contributed by atoms with Crippen LogP contribution in [0.25, 0.3) is 0 Å². The van der Waals surface area contributed by atoms with E-state index in [-0.39, 0.29) is 0 Å². The summed E-state index contributed by atoms with van der Waals surface area (Å²) in [7, 11) is 1.71. The molecule has 1 saturated heterocycles. The fourth-order valence-corrected chi connectivity index (χ4v) is 2.96. The minimum Gasteiger partial charge on any atom is -0.497 e. The second kappa shape index (κ2) is 7.62. The summed E-state index contributed by atoms with van der Waals surface area (Å²) in [5.41, 5.74) is 7.28. The van der Waals surface area contributed by atoms with E-state index < -0.39 is 0 Å². The zero-order valence-electron chi connectivity index (χ0n) is 12.7. The predicted octanol–water partition coefficient (Wildman–Crippen LogP) is 1.72. The van der Waals surface area contributed by atoms with Gasteiger partial charge in [-0.1, -0.05) is 19.1 Å². The van der Waals surface area contributed by atoms with Crippen molar-refractivity contribution in [1.29, 1.82) is 0 Å². The Kier molecular flexibility index (Phi) is 5.83. The Balaban J connectivity index is 2.01. The lowest BCUT2D eigenvalue weighted by Gasteiger charge is -2.39. The molecule has 0 radical (unpaired) electrons. The fourth-order valence-electron chi connectivity index (χ4n) is 2.96. The molecule has 1 aromatic rings. The lowest BCUT2D eigenvalue weighted by Crippen LogP contribution is -2.49. The minimum absolute atomic E-state index is 0.300. The Hall–Kier alpha value is -1.10. The number of benzene rings is 1. The molecule has 0 aromatic heterocycles. The zero-order chi connectivity index (χ0) is 14.4. The molecule has 2 N–H and O–H groups in total. The summed E-state index contributed by atoms with van der Waals surface area (Å²) in [4.78, 5) is 5.04. The number of nitrogens with zero attached hydrogens (tertiary/aromatic N) is 2. The van der Waals surface area contributed by atoms with Crippen LogP contribution in [-0.2, 0) is 0 Å². The molecule has 2 rings (SSSR count). The average molecular weight is 277 g/mol. The predicted molar refractivity (Wildman–Crippen MR) is 83.1 cm³/mol. The van der Waals surface area contributed by atoms with Crippen LogP contribution in [0.15, 0.2) is 24.3 Å². The highest BCUT2D eigenvalue weighted by atomic mass is 16.5. The normalized spacial score (nSPS) is 18.9. The number of nitrogens with two attached hydrogens (primary N) is 1. The second-order valence-electron chi connectivity index (χ2n) is 5.41. The third-order valence-corrected chi connectivity index (χ3v) is 4.09. The Bertz CT molecular complexity index is 402. The molecule has 0 saturated carbocycles. The molecule has 1 unspecified atom stereocenters. The maximum atomic E-state index is 6.02. The number of piperazine rings is 1. The molecule has 1 heterocycles. The molecule has 0 aliphatic carbocycles. The monoisotopic (exact) mass is 277 g/mol. The highest BCUT2D eigenvalue weighted by molar-refractivity contribution is 5.30. The number of methoxy groups -OCH3 is 1. The highest BCUT2D eigenvalue weighted by Gasteiger charge is 2.23. The van der Waals surface area contributed by atoms with Gasteiger partial charge in [-0.2, -0.15) is 0 Å². The maximum absolute atomic E-state index is 6.02. The van der Waals surface area contributed by atoms with E-state index in [9.17, 15) is 0 Å². The van der Waals surface area contributed by atoms with Crippen LogP contribution in [0.1, 0.15) is 24.9 Å². The molecule has 0 bridgehead atoms. The standard InChI is InChI=1S/C16H27N3O/c1-3-7-18-8-10-19(11-9-18)16(13-17)14-5-4-6-15(12-14)20-2/h4-6,12,16H,3,7-11,13,17H2,1-2H3. The zero-order valence-corrected chi connectivity index (χ0v) is 12.7. The van der Waals surface area contributed by atoms with Crippen molar-refractivity contribution in [2.24, 2.45) is 5.73 Å². The van der Waals surface area contributed by atoms with E-state index in [0.717, 1.165) is 31.9 Å². The van der Waals surface area contributed by atoms with E-state index in [1.807, 2.05) is 12.1 Å². The molecule has 112 valence electrons. The van der Waals surface area contributed by atoms with Crippen molar-refractivity contribution in [1.82, 2.24) is 9.80 Å². The number of hydrogen-bond donors (Lipinski definition) is 1. The molecule has 1 aliphatic rings. The smallest absolute Gasteiger partial charge is 0.119 e. The van der Waals surface area contributed by atoms with Crippen molar-refractivity contribution in [2.75, 3.05) is 46.4 Å². The van der Waals surface area contributed by atoms with Crippen molar-refractivity contribution in [3.63, 3.8) is 0 Å². The van der Waals surface area contributed by atoms with E-state index >= 15 is 0 Å². The largest absolute Gasteiger partial charge is 0.497 e. The van der Waals surface area contributed by atoms with Gasteiger partial charge >= 0.3 is 0 Å². The quantitative estimate of drug-likeness (QED) is 0.860. The van der Waals surface area contributed by atoms with Gasteiger partial charge in [0.15, 0.2) is 0 Å². The molecule has 20 heavy (non-hydrogen) atoms. The van der Waals surface area contributed by atoms with Crippen LogP contribution in [0.4, 0.5) is 0 Å². The van der Waals surface area contributed by atoms with Crippen LogP contribution in [0.5, 0.6) is 5.75 Å². The van der Waals surface area contributed by atoms with Gasteiger partial charge in [0, 0.05) is 38.8 Å². The van der Waals surface area contributed by atoms with Gasteiger partial charge in [0.05, 0.1) is 7.11 Å². The van der Waals surface area contributed by atoms with Crippen LogP contribution in [-0.4, -0.2) is 56.2 Å². The minimum atomic E-state index is 0.300. The third-order valence-electron chi connectivity index (χ3n) is 4.09. The van der Waals surface area contributed by atoms with E-state index in [2.05, 4.69) is 28.9 Å². The molecule has 4 nitrogen and oxygen atoms in total. The number of rotatable bonds is 6. The summed E-state index contributed by atoms with van der Waals surface area (Å²) in [6.07, 6.45) is 1.23. The summed E-state index contributed by atoms with van der Waals surface area (Å²) in [5.74, 6) is 0.908. The van der Waals surface area contributed by atoms with Gasteiger partial charge in [0.1, 0.15) is 5.75 Å². The van der Waals surface area contributed by atoms with Crippen LogP contribution in [0.2, 0.25) is 0 Å². The van der Waals surface area contributed by atoms with Crippen molar-refractivity contribution >= 4 is 0 Å². The van der Waals surface area contributed by atoms with Gasteiger partial charge < -0.3 is 15.4 Å². The molecule has 0 amide bonds. The molecule has 1 aromatic carbocycles. The molecule has 1 aliphatic heterocycles. The molecule has 0 spiro atoms. The van der Waals surface area contributed by atoms with Crippen LogP contribution < -0.4 is 10.5 Å². The van der Waals surface area contributed by atoms with Crippen LogP contribution >= 0.6 is 0 Å². The Morgan fingerprint density at radius 3 is 2.60 bits per heavy atom. The van der Waals surface area contributed by atoms with Crippen molar-refractivity contribution < 1.29 is 4.74 Å².